The maximum absolute atomic E-state index is 12.7. The van der Waals surface area contributed by atoms with Crippen LogP contribution in [0.4, 0.5) is 11.4 Å². The first-order valence-electron chi connectivity index (χ1n) is 7.52. The number of carbonyl (C=O) groups excluding carboxylic acids is 1. The van der Waals surface area contributed by atoms with Crippen molar-refractivity contribution in [2.45, 2.75) is 19.5 Å². The zero-order chi connectivity index (χ0) is 16.4. The summed E-state index contributed by atoms with van der Waals surface area (Å²) in [5.74, 6) is -0.0236. The molecule has 6 nitrogen and oxygen atoms in total. The topological polar surface area (TPSA) is 75.5 Å². The first kappa shape index (κ1) is 15.0. The predicted molar refractivity (Wildman–Crippen MR) is 87.2 cm³/mol. The molecule has 0 aromatic heterocycles. The van der Waals surface area contributed by atoms with Gasteiger partial charge in [0, 0.05) is 24.4 Å². The molecule has 2 aromatic rings. The number of nitro groups is 1. The van der Waals surface area contributed by atoms with Gasteiger partial charge in [0.2, 0.25) is 0 Å². The molecule has 1 amide bonds. The first-order chi connectivity index (χ1) is 11.1. The summed E-state index contributed by atoms with van der Waals surface area (Å²) in [4.78, 5) is 24.9. The second kappa shape index (κ2) is 6.08. The lowest BCUT2D eigenvalue weighted by Gasteiger charge is -2.38. The van der Waals surface area contributed by atoms with E-state index in [1.54, 1.807) is 23.1 Å². The fourth-order valence-electron chi connectivity index (χ4n) is 2.81. The van der Waals surface area contributed by atoms with Crippen LogP contribution in [0.5, 0.6) is 0 Å². The molecule has 1 atom stereocenters. The number of fused-ring (bicyclic) bond motifs is 1. The third-order valence-corrected chi connectivity index (χ3v) is 3.91. The van der Waals surface area contributed by atoms with Crippen molar-refractivity contribution in [2.75, 3.05) is 11.9 Å². The highest BCUT2D eigenvalue weighted by molar-refractivity contribution is 6.01. The van der Waals surface area contributed by atoms with Gasteiger partial charge in [-0.25, -0.2) is 0 Å². The van der Waals surface area contributed by atoms with Gasteiger partial charge in [-0.2, -0.15) is 0 Å². The summed E-state index contributed by atoms with van der Waals surface area (Å²) >= 11 is 0. The number of hydrogen-bond acceptors (Lipinski definition) is 4. The van der Waals surface area contributed by atoms with Crippen LogP contribution in [-0.2, 0) is 0 Å². The van der Waals surface area contributed by atoms with Gasteiger partial charge < -0.3 is 10.2 Å². The molecule has 1 N–H and O–H groups in total. The molecule has 23 heavy (non-hydrogen) atoms. The fourth-order valence-corrected chi connectivity index (χ4v) is 2.81. The Morgan fingerprint density at radius 2 is 1.87 bits per heavy atom. The highest BCUT2D eigenvalue weighted by atomic mass is 16.6. The van der Waals surface area contributed by atoms with E-state index < -0.39 is 4.92 Å². The van der Waals surface area contributed by atoms with Crippen molar-refractivity contribution in [1.29, 1.82) is 0 Å². The van der Waals surface area contributed by atoms with Crippen LogP contribution in [0.2, 0.25) is 0 Å². The van der Waals surface area contributed by atoms with Crippen LogP contribution in [0.15, 0.2) is 48.5 Å². The van der Waals surface area contributed by atoms with Gasteiger partial charge in [0.25, 0.3) is 11.6 Å². The van der Waals surface area contributed by atoms with Crippen LogP contribution in [-0.4, -0.2) is 22.3 Å². The molecule has 0 aliphatic carbocycles. The number of hydrogen-bond donors (Lipinski definition) is 1. The van der Waals surface area contributed by atoms with E-state index in [0.717, 1.165) is 17.7 Å². The van der Waals surface area contributed by atoms with Crippen LogP contribution in [0, 0.1) is 10.1 Å². The average Bonchev–Trinajstić information content (AvgIpc) is 2.57. The number of anilines is 1. The van der Waals surface area contributed by atoms with E-state index in [2.05, 4.69) is 5.32 Å². The number of non-ortho nitro benzene ring substituents is 1. The molecule has 1 aliphatic heterocycles. The SMILES string of the molecule is CCCN1C(=O)c2ccccc2NC1c1ccc([N+](=O)[O-])cc1. The van der Waals surface area contributed by atoms with E-state index >= 15 is 0 Å². The summed E-state index contributed by atoms with van der Waals surface area (Å²) in [5, 5.41) is 14.2. The van der Waals surface area contributed by atoms with Gasteiger partial charge in [-0.05, 0) is 36.2 Å². The summed E-state index contributed by atoms with van der Waals surface area (Å²) < 4.78 is 0. The second-order valence-corrected chi connectivity index (χ2v) is 5.44. The van der Waals surface area contributed by atoms with Crippen LogP contribution < -0.4 is 5.32 Å². The number of nitrogens with zero attached hydrogens (tertiary/aromatic N) is 2. The lowest BCUT2D eigenvalue weighted by atomic mass is 10.0. The quantitative estimate of drug-likeness (QED) is 0.692. The summed E-state index contributed by atoms with van der Waals surface area (Å²) in [7, 11) is 0. The summed E-state index contributed by atoms with van der Waals surface area (Å²) in [5.41, 5.74) is 2.30. The first-order valence-corrected chi connectivity index (χ1v) is 7.52. The van der Waals surface area contributed by atoms with E-state index in [9.17, 15) is 14.9 Å². The standard InChI is InChI=1S/C17H17N3O3/c1-2-11-19-16(12-7-9-13(10-8-12)20(22)23)18-15-6-4-3-5-14(15)17(19)21/h3-10,16,18H,2,11H2,1H3. The smallest absolute Gasteiger partial charge is 0.269 e. The molecule has 6 heteroatoms. The molecule has 0 spiro atoms. The predicted octanol–water partition coefficient (Wildman–Crippen LogP) is 3.57. The van der Waals surface area contributed by atoms with Gasteiger partial charge in [-0.15, -0.1) is 0 Å². The largest absolute Gasteiger partial charge is 0.361 e. The summed E-state index contributed by atoms with van der Waals surface area (Å²) in [6.45, 7) is 2.63. The maximum atomic E-state index is 12.7. The number of amides is 1. The van der Waals surface area contributed by atoms with Crippen LogP contribution in [0.1, 0.15) is 35.4 Å². The molecule has 0 fully saturated rings. The zero-order valence-corrected chi connectivity index (χ0v) is 12.7. The Morgan fingerprint density at radius 1 is 1.17 bits per heavy atom. The van der Waals surface area contributed by atoms with Gasteiger partial charge in [0.15, 0.2) is 0 Å². The Kier molecular flexibility index (Phi) is 3.97. The molecule has 1 heterocycles. The Balaban J connectivity index is 1.99. The third kappa shape index (κ3) is 2.75. The number of rotatable bonds is 4. The van der Waals surface area contributed by atoms with Crippen molar-refractivity contribution in [3.8, 4) is 0 Å². The van der Waals surface area contributed by atoms with E-state index in [1.165, 1.54) is 12.1 Å². The molecule has 0 bridgehead atoms. The third-order valence-electron chi connectivity index (χ3n) is 3.91. The van der Waals surface area contributed by atoms with Gasteiger partial charge in [-0.1, -0.05) is 19.1 Å². The minimum absolute atomic E-state index is 0.0236. The number of nitro benzene ring substituents is 1. The molecule has 3 rings (SSSR count). The average molecular weight is 311 g/mol. The molecule has 1 unspecified atom stereocenters. The van der Waals surface area contributed by atoms with E-state index in [0.29, 0.717) is 12.1 Å². The van der Waals surface area contributed by atoms with Crippen LogP contribution >= 0.6 is 0 Å². The second-order valence-electron chi connectivity index (χ2n) is 5.44. The minimum Gasteiger partial charge on any atom is -0.361 e. The normalized spacial score (nSPS) is 16.7. The lowest BCUT2D eigenvalue weighted by molar-refractivity contribution is -0.384. The fraction of sp³-hybridized carbons (Fsp3) is 0.235. The number of nitrogens with one attached hydrogen (secondary N) is 1. The van der Waals surface area contributed by atoms with Crippen molar-refractivity contribution in [3.05, 3.63) is 69.8 Å². The molecular weight excluding hydrogens is 294 g/mol. The van der Waals surface area contributed by atoms with Gasteiger partial charge in [0.05, 0.1) is 10.5 Å². The van der Waals surface area contributed by atoms with Gasteiger partial charge in [-0.3, -0.25) is 14.9 Å². The van der Waals surface area contributed by atoms with Gasteiger partial charge >= 0.3 is 0 Å². The van der Waals surface area contributed by atoms with Crippen molar-refractivity contribution in [3.63, 3.8) is 0 Å². The van der Waals surface area contributed by atoms with Crippen LogP contribution in [0.25, 0.3) is 0 Å². The molecular formula is C17H17N3O3. The van der Waals surface area contributed by atoms with E-state index in [4.69, 9.17) is 0 Å². The Hall–Kier alpha value is -2.89. The lowest BCUT2D eigenvalue weighted by Crippen LogP contribution is -2.43. The minimum atomic E-state index is -0.428. The van der Waals surface area contributed by atoms with Crippen molar-refractivity contribution in [2.24, 2.45) is 0 Å². The van der Waals surface area contributed by atoms with Gasteiger partial charge in [0.1, 0.15) is 6.17 Å². The molecule has 1 aliphatic rings. The van der Waals surface area contributed by atoms with Crippen molar-refractivity contribution >= 4 is 17.3 Å². The summed E-state index contributed by atoms with van der Waals surface area (Å²) in [6.07, 6.45) is 0.511. The van der Waals surface area contributed by atoms with Crippen molar-refractivity contribution in [1.82, 2.24) is 4.90 Å². The zero-order valence-electron chi connectivity index (χ0n) is 12.7. The molecule has 0 saturated carbocycles. The van der Waals surface area contributed by atoms with E-state index in [-0.39, 0.29) is 17.8 Å². The maximum Gasteiger partial charge on any atom is 0.269 e. The number of para-hydroxylation sites is 1. The Labute approximate surface area is 133 Å². The van der Waals surface area contributed by atoms with Crippen molar-refractivity contribution < 1.29 is 9.72 Å². The number of benzene rings is 2. The summed E-state index contributed by atoms with van der Waals surface area (Å²) in [6, 6.07) is 13.7. The highest BCUT2D eigenvalue weighted by Crippen LogP contribution is 2.33. The van der Waals surface area contributed by atoms with Crippen LogP contribution in [0.3, 0.4) is 0 Å². The Bertz CT molecular complexity index is 743. The molecule has 2 aromatic carbocycles. The Morgan fingerprint density at radius 3 is 2.52 bits per heavy atom. The molecule has 0 saturated heterocycles. The highest BCUT2D eigenvalue weighted by Gasteiger charge is 2.32. The monoisotopic (exact) mass is 311 g/mol. The molecule has 118 valence electrons. The van der Waals surface area contributed by atoms with E-state index in [1.807, 2.05) is 25.1 Å². The number of carbonyl (C=O) groups is 1. The molecule has 0 radical (unpaired) electrons.